The van der Waals surface area contributed by atoms with Gasteiger partial charge in [0.2, 0.25) is 0 Å². The number of aromatic nitrogens is 1. The van der Waals surface area contributed by atoms with Crippen LogP contribution >= 0.6 is 0 Å². The number of hydrogen-bond donors (Lipinski definition) is 0. The van der Waals surface area contributed by atoms with E-state index in [1.807, 2.05) is 64.2 Å². The van der Waals surface area contributed by atoms with Crippen molar-refractivity contribution in [2.24, 2.45) is 0 Å². The van der Waals surface area contributed by atoms with E-state index in [9.17, 15) is 0 Å². The molecule has 4 aliphatic carbocycles. The Bertz CT molecular complexity index is 1330. The van der Waals surface area contributed by atoms with Gasteiger partial charge in [-0.05, 0) is 180 Å². The van der Waals surface area contributed by atoms with Crippen LogP contribution < -0.4 is 0 Å². The Labute approximate surface area is 302 Å². The Morgan fingerprint density at radius 3 is 1.20 bits per heavy atom. The molecule has 0 amide bonds. The van der Waals surface area contributed by atoms with Crippen LogP contribution in [0.25, 0.3) is 21.8 Å². The topological polar surface area (TPSA) is 4.93 Å². The van der Waals surface area contributed by atoms with Gasteiger partial charge >= 0.3 is 0 Å². The first kappa shape index (κ1) is 37.3. The summed E-state index contributed by atoms with van der Waals surface area (Å²) in [5.74, 6) is 3.49. The molecule has 2 unspecified atom stereocenters. The summed E-state index contributed by atoms with van der Waals surface area (Å²) in [5, 5.41) is 2.69. The SMILES string of the molecule is CC([C]1[CH][CH][CH][CH]1)c1ccc2c(c1)c1cc(C(C)[C]3[CH][CH][CH][CH]3)ccc1n2Cc1ccccc1.[CH]1[CH][CH][CH][CH]1.[CH]1[CH][CH][CH][CH]1.[Fe].[Fe]. The summed E-state index contributed by atoms with van der Waals surface area (Å²) in [4.78, 5) is 0. The molecule has 46 heavy (non-hydrogen) atoms. The van der Waals surface area contributed by atoms with Crippen molar-refractivity contribution in [2.45, 2.75) is 32.2 Å². The van der Waals surface area contributed by atoms with Gasteiger partial charge in [-0.1, -0.05) is 56.3 Å². The summed E-state index contributed by atoms with van der Waals surface area (Å²) in [5.41, 5.74) is 6.66. The Morgan fingerprint density at radius 1 is 0.457 bits per heavy atom. The third-order valence-corrected chi connectivity index (χ3v) is 8.58. The molecule has 4 aliphatic rings. The minimum absolute atomic E-state index is 0. The third kappa shape index (κ3) is 9.34. The molecule has 3 aromatic carbocycles. The quantitative estimate of drug-likeness (QED) is 0.179. The van der Waals surface area contributed by atoms with Crippen molar-refractivity contribution < 1.29 is 34.1 Å². The standard InChI is InChI=1S/C33H29N.2C5H5.2Fe/c1-23(26-12-6-7-13-26)28-16-18-32-30(20-28)31-21-29(24(2)27-14-8-9-15-27)17-19-33(31)34(32)22-25-10-4-3-5-11-25;2*1-2-4-5-3-1;;/h3-21,23-24H,22H2,1-2H3;2*1-5H;;. The molecule has 4 saturated carbocycles. The second-order valence-electron chi connectivity index (χ2n) is 11.4. The molecule has 1 aromatic heterocycles. The van der Waals surface area contributed by atoms with E-state index in [0.29, 0.717) is 11.8 Å². The minimum atomic E-state index is 0. The van der Waals surface area contributed by atoms with Gasteiger partial charge in [0.15, 0.2) is 0 Å². The van der Waals surface area contributed by atoms with Crippen molar-refractivity contribution in [2.75, 3.05) is 0 Å². The van der Waals surface area contributed by atoms with Gasteiger partial charge in [-0.2, -0.15) is 0 Å². The second kappa shape index (κ2) is 18.9. The summed E-state index contributed by atoms with van der Waals surface area (Å²) < 4.78 is 2.48. The van der Waals surface area contributed by atoms with Crippen LogP contribution in [-0.4, -0.2) is 4.57 Å². The smallest absolute Gasteiger partial charge is 0.0494 e. The zero-order valence-corrected chi connectivity index (χ0v) is 28.5. The van der Waals surface area contributed by atoms with Crippen molar-refractivity contribution in [3.63, 3.8) is 0 Å². The van der Waals surface area contributed by atoms with Crippen molar-refractivity contribution in [3.05, 3.63) is 211 Å². The predicted octanol–water partition coefficient (Wildman–Crippen LogP) is 9.90. The first-order chi connectivity index (χ1) is 21.7. The zero-order valence-electron chi connectivity index (χ0n) is 26.3. The predicted molar refractivity (Wildman–Crippen MR) is 186 cm³/mol. The maximum Gasteiger partial charge on any atom is 0.0494 e. The summed E-state index contributed by atoms with van der Waals surface area (Å²) in [7, 11) is 0. The van der Waals surface area contributed by atoms with Crippen LogP contribution in [0.3, 0.4) is 0 Å². The monoisotopic (exact) mass is 681 g/mol. The fourth-order valence-corrected chi connectivity index (χ4v) is 6.00. The largest absolute Gasteiger partial charge is 0.336 e. The molecule has 0 spiro atoms. The van der Waals surface area contributed by atoms with Crippen LogP contribution in [0, 0.1) is 127 Å². The molecular formula is C43H39Fe2N. The van der Waals surface area contributed by atoms with Crippen molar-refractivity contribution >= 4 is 21.8 Å². The molecule has 20 radical (unpaired) electrons. The molecule has 0 N–H and O–H groups in total. The first-order valence-electron chi connectivity index (χ1n) is 15.6. The molecular weight excluding hydrogens is 642 g/mol. The fourth-order valence-electron chi connectivity index (χ4n) is 6.00. The summed E-state index contributed by atoms with van der Waals surface area (Å²) in [6, 6.07) is 24.9. The van der Waals surface area contributed by atoms with E-state index in [1.54, 1.807) is 0 Å². The Morgan fingerprint density at radius 2 is 0.826 bits per heavy atom. The average molecular weight is 681 g/mol. The van der Waals surface area contributed by atoms with Gasteiger partial charge in [-0.15, -0.1) is 0 Å². The number of fused-ring (bicyclic) bond motifs is 3. The number of rotatable bonds is 6. The Hall–Kier alpha value is -1.50. The van der Waals surface area contributed by atoms with Gasteiger partial charge in [0.05, 0.1) is 0 Å². The molecule has 3 heteroatoms. The number of hydrogen-bond acceptors (Lipinski definition) is 0. The zero-order chi connectivity index (χ0) is 30.1. The molecule has 0 aliphatic heterocycles. The van der Waals surface area contributed by atoms with Crippen LogP contribution in [0.5, 0.6) is 0 Å². The van der Waals surface area contributed by atoms with Crippen LogP contribution in [-0.2, 0) is 40.7 Å². The molecule has 0 bridgehead atoms. The van der Waals surface area contributed by atoms with E-state index in [0.717, 1.165) is 6.54 Å². The van der Waals surface area contributed by atoms with E-state index in [4.69, 9.17) is 0 Å². The normalized spacial score (nSPS) is 19.5. The summed E-state index contributed by atoms with van der Waals surface area (Å²) in [6.45, 7) is 5.49. The van der Waals surface area contributed by atoms with Crippen LogP contribution in [0.1, 0.15) is 42.4 Å². The number of nitrogens with zero attached hydrogens (tertiary/aromatic N) is 1. The molecule has 0 saturated heterocycles. The van der Waals surface area contributed by atoms with E-state index < -0.39 is 0 Å². The van der Waals surface area contributed by atoms with Crippen LogP contribution in [0.2, 0.25) is 0 Å². The molecule has 1 nitrogen and oxygen atoms in total. The molecule has 2 atom stereocenters. The molecule has 8 rings (SSSR count). The fraction of sp³-hybridized carbons (Fsp3) is 0.116. The first-order valence-corrected chi connectivity index (χ1v) is 15.6. The van der Waals surface area contributed by atoms with E-state index in [1.165, 1.54) is 50.3 Å². The Kier molecular flexibility index (Phi) is 15.3. The third-order valence-electron chi connectivity index (χ3n) is 8.58. The van der Waals surface area contributed by atoms with Crippen molar-refractivity contribution in [1.29, 1.82) is 0 Å². The van der Waals surface area contributed by atoms with Gasteiger partial charge in [0.25, 0.3) is 0 Å². The van der Waals surface area contributed by atoms with Gasteiger partial charge in [0, 0.05) is 62.5 Å². The van der Waals surface area contributed by atoms with Gasteiger partial charge in [0.1, 0.15) is 0 Å². The molecule has 1 heterocycles. The maximum absolute atomic E-state index is 2.48. The van der Waals surface area contributed by atoms with Crippen molar-refractivity contribution in [1.82, 2.24) is 4.57 Å². The van der Waals surface area contributed by atoms with Gasteiger partial charge < -0.3 is 4.57 Å². The molecule has 4 aromatic rings. The van der Waals surface area contributed by atoms with Gasteiger partial charge in [-0.25, -0.2) is 0 Å². The second-order valence-corrected chi connectivity index (χ2v) is 11.4. The van der Waals surface area contributed by atoms with Crippen molar-refractivity contribution in [3.8, 4) is 0 Å². The molecule has 232 valence electrons. The summed E-state index contributed by atoms with van der Waals surface area (Å²) in [6.07, 6.45) is 37.4. The van der Waals surface area contributed by atoms with Gasteiger partial charge in [-0.3, -0.25) is 0 Å². The van der Waals surface area contributed by atoms with Crippen LogP contribution in [0.4, 0.5) is 0 Å². The van der Waals surface area contributed by atoms with E-state index in [2.05, 4.69) is 137 Å². The Balaban J connectivity index is 0.000000342. The van der Waals surface area contributed by atoms with E-state index in [-0.39, 0.29) is 34.1 Å². The maximum atomic E-state index is 2.48. The van der Waals surface area contributed by atoms with E-state index >= 15 is 0 Å². The minimum Gasteiger partial charge on any atom is -0.336 e. The molecule has 4 fully saturated rings. The van der Waals surface area contributed by atoms with Crippen LogP contribution in [0.15, 0.2) is 66.7 Å². The number of benzene rings is 3. The average Bonchev–Trinajstić information content (AvgIpc) is 3.92. The summed E-state index contributed by atoms with van der Waals surface area (Å²) >= 11 is 0.